The number of aliphatic hydroxyl groups is 1. The molecular weight excluding hydrogens is 282 g/mol. The maximum Gasteiger partial charge on any atom is 0.105 e. The highest BCUT2D eigenvalue weighted by atomic mass is 16.3. The van der Waals surface area contributed by atoms with E-state index < -0.39 is 0 Å². The lowest BCUT2D eigenvalue weighted by atomic mass is 9.86. The van der Waals surface area contributed by atoms with Crippen LogP contribution in [0.1, 0.15) is 36.8 Å². The van der Waals surface area contributed by atoms with E-state index in [0.29, 0.717) is 0 Å². The van der Waals surface area contributed by atoms with Crippen molar-refractivity contribution >= 4 is 0 Å². The number of hydrogen-bond acceptors (Lipinski definition) is 1. The van der Waals surface area contributed by atoms with Gasteiger partial charge in [-0.15, -0.1) is 0 Å². The minimum atomic E-state index is -0.304. The van der Waals surface area contributed by atoms with Gasteiger partial charge in [0.15, 0.2) is 0 Å². The first-order chi connectivity index (χ1) is 11.0. The lowest BCUT2D eigenvalue weighted by Gasteiger charge is -2.32. The first-order valence-corrected chi connectivity index (χ1v) is 8.62. The molecule has 0 aliphatic carbocycles. The summed E-state index contributed by atoms with van der Waals surface area (Å²) >= 11 is 0. The molecule has 2 heteroatoms. The van der Waals surface area contributed by atoms with Gasteiger partial charge < -0.3 is 9.59 Å². The first kappa shape index (κ1) is 17.7. The predicted octanol–water partition coefficient (Wildman–Crippen LogP) is 4.06. The molecule has 124 valence electrons. The van der Waals surface area contributed by atoms with Gasteiger partial charge in [0.25, 0.3) is 0 Å². The van der Waals surface area contributed by atoms with Crippen LogP contribution in [0, 0.1) is 0 Å². The van der Waals surface area contributed by atoms with E-state index >= 15 is 0 Å². The van der Waals surface area contributed by atoms with Crippen molar-refractivity contribution in [3.8, 4) is 0 Å². The molecule has 0 fully saturated rings. The number of nitrogens with zero attached hydrogens (tertiary/aromatic N) is 1. The summed E-state index contributed by atoms with van der Waals surface area (Å²) in [6.07, 6.45) is 1.60. The van der Waals surface area contributed by atoms with Crippen molar-refractivity contribution in [1.29, 1.82) is 0 Å². The minimum absolute atomic E-state index is 0.244. The molecule has 0 bridgehead atoms. The standard InChI is InChI=1S/C21H30NO/c1-4-15-22(2,3)17-20(23)16-21(18-11-7-5-8-12-18)19-13-9-6-10-14-19/h5-14,20-21,23H,4,15-17H2,1-3H3/q+1. The van der Waals surface area contributed by atoms with E-state index in [9.17, 15) is 5.11 Å². The second-order valence-corrected chi connectivity index (χ2v) is 7.11. The zero-order valence-corrected chi connectivity index (χ0v) is 14.7. The number of quaternary nitrogens is 1. The molecule has 1 atom stereocenters. The van der Waals surface area contributed by atoms with Crippen LogP contribution in [0.5, 0.6) is 0 Å². The molecular formula is C21H30NO+. The molecule has 2 rings (SSSR count). The summed E-state index contributed by atoms with van der Waals surface area (Å²) in [7, 11) is 4.40. The van der Waals surface area contributed by atoms with Crippen molar-refractivity contribution < 1.29 is 9.59 Å². The van der Waals surface area contributed by atoms with Gasteiger partial charge in [0.05, 0.1) is 20.6 Å². The van der Waals surface area contributed by atoms with E-state index in [-0.39, 0.29) is 12.0 Å². The second-order valence-electron chi connectivity index (χ2n) is 7.11. The normalized spacial score (nSPS) is 13.3. The largest absolute Gasteiger partial charge is 0.387 e. The van der Waals surface area contributed by atoms with Gasteiger partial charge in [-0.1, -0.05) is 67.6 Å². The molecule has 2 nitrogen and oxygen atoms in total. The molecule has 23 heavy (non-hydrogen) atoms. The topological polar surface area (TPSA) is 20.2 Å². The Morgan fingerprint density at radius 3 is 1.78 bits per heavy atom. The lowest BCUT2D eigenvalue weighted by molar-refractivity contribution is -0.893. The summed E-state index contributed by atoms with van der Waals surface area (Å²) in [5.41, 5.74) is 2.55. The third-order valence-electron chi connectivity index (χ3n) is 4.45. The van der Waals surface area contributed by atoms with Crippen molar-refractivity contribution in [3.05, 3.63) is 71.8 Å². The zero-order valence-electron chi connectivity index (χ0n) is 14.7. The summed E-state index contributed by atoms with van der Waals surface area (Å²) in [5.74, 6) is 0.244. The van der Waals surface area contributed by atoms with Crippen LogP contribution in [-0.4, -0.2) is 42.9 Å². The van der Waals surface area contributed by atoms with Crippen LogP contribution in [0.25, 0.3) is 0 Å². The van der Waals surface area contributed by atoms with Crippen LogP contribution in [0.4, 0.5) is 0 Å². The lowest BCUT2D eigenvalue weighted by Crippen LogP contribution is -2.46. The molecule has 0 radical (unpaired) electrons. The highest BCUT2D eigenvalue weighted by Gasteiger charge is 2.24. The van der Waals surface area contributed by atoms with Gasteiger partial charge in [-0.25, -0.2) is 0 Å². The Hall–Kier alpha value is -1.64. The van der Waals surface area contributed by atoms with E-state index in [0.717, 1.165) is 30.4 Å². The predicted molar refractivity (Wildman–Crippen MR) is 97.5 cm³/mol. The molecule has 2 aromatic carbocycles. The zero-order chi connectivity index (χ0) is 16.7. The molecule has 0 aliphatic heterocycles. The van der Waals surface area contributed by atoms with Gasteiger partial charge >= 0.3 is 0 Å². The quantitative estimate of drug-likeness (QED) is 0.729. The van der Waals surface area contributed by atoms with Crippen molar-refractivity contribution in [3.63, 3.8) is 0 Å². The van der Waals surface area contributed by atoms with Gasteiger partial charge in [-0.2, -0.15) is 0 Å². The number of aliphatic hydroxyl groups excluding tert-OH is 1. The Morgan fingerprint density at radius 2 is 1.35 bits per heavy atom. The van der Waals surface area contributed by atoms with Gasteiger partial charge in [0.2, 0.25) is 0 Å². The first-order valence-electron chi connectivity index (χ1n) is 8.62. The van der Waals surface area contributed by atoms with Crippen LogP contribution >= 0.6 is 0 Å². The summed E-state index contributed by atoms with van der Waals surface area (Å²) in [6, 6.07) is 21.1. The molecule has 0 aliphatic rings. The fourth-order valence-corrected chi connectivity index (χ4v) is 3.45. The van der Waals surface area contributed by atoms with E-state index in [1.807, 2.05) is 12.1 Å². The van der Waals surface area contributed by atoms with E-state index in [1.54, 1.807) is 0 Å². The van der Waals surface area contributed by atoms with Crippen LogP contribution < -0.4 is 0 Å². The average molecular weight is 312 g/mol. The Balaban J connectivity index is 2.16. The number of likely N-dealkylation sites (N-methyl/N-ethyl adjacent to an activating group) is 1. The summed E-state index contributed by atoms with van der Waals surface area (Å²) < 4.78 is 0.869. The van der Waals surface area contributed by atoms with E-state index in [4.69, 9.17) is 0 Å². The fraction of sp³-hybridized carbons (Fsp3) is 0.429. The number of benzene rings is 2. The molecule has 1 N–H and O–H groups in total. The third-order valence-corrected chi connectivity index (χ3v) is 4.45. The van der Waals surface area contributed by atoms with Crippen LogP contribution in [0.3, 0.4) is 0 Å². The molecule has 0 saturated heterocycles. The summed E-state index contributed by atoms with van der Waals surface area (Å²) in [4.78, 5) is 0. The number of rotatable bonds is 8. The molecule has 0 heterocycles. The van der Waals surface area contributed by atoms with Crippen LogP contribution in [0.2, 0.25) is 0 Å². The van der Waals surface area contributed by atoms with Gasteiger partial charge in [-0.05, 0) is 24.0 Å². The molecule has 0 aromatic heterocycles. The Morgan fingerprint density at radius 1 is 0.870 bits per heavy atom. The van der Waals surface area contributed by atoms with Gasteiger partial charge in [-0.3, -0.25) is 0 Å². The minimum Gasteiger partial charge on any atom is -0.387 e. The molecule has 0 saturated carbocycles. The smallest absolute Gasteiger partial charge is 0.105 e. The Kier molecular flexibility index (Phi) is 6.37. The van der Waals surface area contributed by atoms with Crippen molar-refractivity contribution in [2.45, 2.75) is 31.8 Å². The van der Waals surface area contributed by atoms with E-state index in [1.165, 1.54) is 11.1 Å². The third kappa shape index (κ3) is 5.49. The Labute approximate surface area is 141 Å². The van der Waals surface area contributed by atoms with Crippen LogP contribution in [-0.2, 0) is 0 Å². The highest BCUT2D eigenvalue weighted by Crippen LogP contribution is 2.29. The molecule has 2 aromatic rings. The Bertz CT molecular complexity index is 525. The van der Waals surface area contributed by atoms with Gasteiger partial charge in [0.1, 0.15) is 12.6 Å². The summed E-state index contributed by atoms with van der Waals surface area (Å²) in [5, 5.41) is 10.7. The fourth-order valence-electron chi connectivity index (χ4n) is 3.45. The second kappa shape index (κ2) is 8.28. The van der Waals surface area contributed by atoms with E-state index in [2.05, 4.69) is 69.6 Å². The maximum absolute atomic E-state index is 10.7. The SMILES string of the molecule is CCC[N+](C)(C)CC(O)CC(c1ccccc1)c1ccccc1. The van der Waals surface area contributed by atoms with Crippen molar-refractivity contribution in [2.24, 2.45) is 0 Å². The van der Waals surface area contributed by atoms with Crippen molar-refractivity contribution in [2.75, 3.05) is 27.2 Å². The van der Waals surface area contributed by atoms with Crippen molar-refractivity contribution in [1.82, 2.24) is 0 Å². The molecule has 0 spiro atoms. The number of hydrogen-bond donors (Lipinski definition) is 1. The highest BCUT2D eigenvalue weighted by molar-refractivity contribution is 5.32. The monoisotopic (exact) mass is 312 g/mol. The van der Waals surface area contributed by atoms with Crippen LogP contribution in [0.15, 0.2) is 60.7 Å². The maximum atomic E-state index is 10.7. The molecule has 0 amide bonds. The van der Waals surface area contributed by atoms with Gasteiger partial charge in [0, 0.05) is 5.92 Å². The molecule has 1 unspecified atom stereocenters. The summed E-state index contributed by atoms with van der Waals surface area (Å²) in [6.45, 7) is 4.09. The average Bonchev–Trinajstić information content (AvgIpc) is 2.53.